The number of rotatable bonds is 5. The van der Waals surface area contributed by atoms with E-state index in [1.807, 2.05) is 0 Å². The van der Waals surface area contributed by atoms with Crippen LogP contribution in [0, 0.1) is 0 Å². The number of imide groups is 1. The second kappa shape index (κ2) is 7.92. The smallest absolute Gasteiger partial charge is 0.323 e. The zero-order valence-corrected chi connectivity index (χ0v) is 16.6. The van der Waals surface area contributed by atoms with Gasteiger partial charge in [0.05, 0.1) is 18.7 Å². The molecule has 2 N–H and O–H groups in total. The van der Waals surface area contributed by atoms with Gasteiger partial charge in [-0.1, -0.05) is 6.07 Å². The van der Waals surface area contributed by atoms with Gasteiger partial charge in [0.2, 0.25) is 0 Å². The summed E-state index contributed by atoms with van der Waals surface area (Å²) in [5, 5.41) is 4.60. The minimum atomic E-state index is -3.38. The highest BCUT2D eigenvalue weighted by atomic mass is 32.2. The van der Waals surface area contributed by atoms with E-state index >= 15 is 0 Å². The van der Waals surface area contributed by atoms with E-state index < -0.39 is 21.8 Å². The van der Waals surface area contributed by atoms with Crippen LogP contribution >= 0.6 is 0 Å². The molecular formula is C19H19N3O6S. The van der Waals surface area contributed by atoms with Crippen LogP contribution in [-0.2, 0) is 16.4 Å². The van der Waals surface area contributed by atoms with Crippen LogP contribution in [0.2, 0.25) is 0 Å². The first kappa shape index (κ1) is 20.3. The quantitative estimate of drug-likeness (QED) is 0.753. The van der Waals surface area contributed by atoms with Gasteiger partial charge in [-0.2, -0.15) is 0 Å². The number of carbonyl (C=O) groups is 3. The molecule has 9 nitrogen and oxygen atoms in total. The molecule has 1 aliphatic heterocycles. The SMILES string of the molecule is COc1ccc2c(c1)C(=O)N(CNC(=O)NC(=O)c1ccc(S(C)(=O)=O)cc1)C2. The Kier molecular flexibility index (Phi) is 5.55. The fraction of sp³-hybridized carbons (Fsp3) is 0.211. The molecule has 3 rings (SSSR count). The van der Waals surface area contributed by atoms with Crippen molar-refractivity contribution < 1.29 is 27.5 Å². The lowest BCUT2D eigenvalue weighted by molar-refractivity contribution is 0.0770. The van der Waals surface area contributed by atoms with E-state index in [1.165, 1.54) is 36.3 Å². The predicted octanol–water partition coefficient (Wildman–Crippen LogP) is 1.15. The second-order valence-corrected chi connectivity index (χ2v) is 8.46. The van der Waals surface area contributed by atoms with Gasteiger partial charge < -0.3 is 15.0 Å². The van der Waals surface area contributed by atoms with Crippen molar-refractivity contribution in [1.82, 2.24) is 15.5 Å². The van der Waals surface area contributed by atoms with Crippen molar-refractivity contribution in [1.29, 1.82) is 0 Å². The van der Waals surface area contributed by atoms with Crippen molar-refractivity contribution in [3.05, 3.63) is 59.2 Å². The van der Waals surface area contributed by atoms with Crippen molar-refractivity contribution in [3.8, 4) is 5.75 Å². The Balaban J connectivity index is 1.55. The Morgan fingerprint density at radius 2 is 1.83 bits per heavy atom. The number of sulfone groups is 1. The third kappa shape index (κ3) is 4.54. The highest BCUT2D eigenvalue weighted by molar-refractivity contribution is 7.90. The Morgan fingerprint density at radius 1 is 1.14 bits per heavy atom. The van der Waals surface area contributed by atoms with Crippen LogP contribution in [0.4, 0.5) is 4.79 Å². The summed E-state index contributed by atoms with van der Waals surface area (Å²) in [6.45, 7) is 0.251. The summed E-state index contributed by atoms with van der Waals surface area (Å²) in [7, 11) is -1.86. The molecule has 0 atom stereocenters. The molecule has 0 radical (unpaired) electrons. The molecule has 0 unspecified atom stereocenters. The maximum absolute atomic E-state index is 12.4. The first-order valence-electron chi connectivity index (χ1n) is 8.54. The number of hydrogen-bond donors (Lipinski definition) is 2. The number of amides is 4. The summed E-state index contributed by atoms with van der Waals surface area (Å²) in [5.41, 5.74) is 1.46. The van der Waals surface area contributed by atoms with Crippen LogP contribution in [0.5, 0.6) is 5.75 Å². The number of ether oxygens (including phenoxy) is 1. The standard InChI is InChI=1S/C19H19N3O6S/c1-28-14-6-3-13-10-22(18(24)16(13)9-14)11-20-19(25)21-17(23)12-4-7-15(8-5-12)29(2,26)27/h3-9H,10-11H2,1-2H3,(H2,20,21,23,25). The maximum atomic E-state index is 12.4. The van der Waals surface area contributed by atoms with Crippen LogP contribution in [0.15, 0.2) is 47.4 Å². The third-order valence-electron chi connectivity index (χ3n) is 4.40. The Morgan fingerprint density at radius 3 is 2.45 bits per heavy atom. The highest BCUT2D eigenvalue weighted by Gasteiger charge is 2.28. The minimum Gasteiger partial charge on any atom is -0.497 e. The fourth-order valence-electron chi connectivity index (χ4n) is 2.84. The molecule has 10 heteroatoms. The predicted molar refractivity (Wildman–Crippen MR) is 103 cm³/mol. The average molecular weight is 417 g/mol. The summed E-state index contributed by atoms with van der Waals surface area (Å²) in [4.78, 5) is 38.0. The summed E-state index contributed by atoms with van der Waals surface area (Å²) >= 11 is 0. The van der Waals surface area contributed by atoms with E-state index in [0.717, 1.165) is 11.8 Å². The van der Waals surface area contributed by atoms with Gasteiger partial charge in [-0.3, -0.25) is 14.9 Å². The first-order chi connectivity index (χ1) is 13.7. The van der Waals surface area contributed by atoms with Gasteiger partial charge in [0.25, 0.3) is 11.8 Å². The lowest BCUT2D eigenvalue weighted by atomic mass is 10.1. The lowest BCUT2D eigenvalue weighted by Crippen LogP contribution is -2.44. The zero-order valence-electron chi connectivity index (χ0n) is 15.8. The average Bonchev–Trinajstić information content (AvgIpc) is 3.01. The van der Waals surface area contributed by atoms with E-state index in [9.17, 15) is 22.8 Å². The first-order valence-corrected chi connectivity index (χ1v) is 10.4. The van der Waals surface area contributed by atoms with Crippen LogP contribution in [0.3, 0.4) is 0 Å². The molecule has 2 aromatic carbocycles. The molecule has 0 aliphatic carbocycles. The van der Waals surface area contributed by atoms with Gasteiger partial charge in [0.1, 0.15) is 5.75 Å². The van der Waals surface area contributed by atoms with Crippen LogP contribution in [0.1, 0.15) is 26.3 Å². The largest absolute Gasteiger partial charge is 0.497 e. The Labute approximate surface area is 167 Å². The number of urea groups is 1. The Hall–Kier alpha value is -3.40. The number of benzene rings is 2. The van der Waals surface area contributed by atoms with Crippen LogP contribution in [-0.4, -0.2) is 51.2 Å². The minimum absolute atomic E-state index is 0.0715. The summed E-state index contributed by atoms with van der Waals surface area (Å²) in [6.07, 6.45) is 1.06. The monoisotopic (exact) mass is 417 g/mol. The van der Waals surface area contributed by atoms with Gasteiger partial charge in [-0.15, -0.1) is 0 Å². The van der Waals surface area contributed by atoms with Crippen molar-refractivity contribution in [2.75, 3.05) is 20.0 Å². The zero-order chi connectivity index (χ0) is 21.2. The van der Waals surface area contributed by atoms with Gasteiger partial charge >= 0.3 is 6.03 Å². The van der Waals surface area contributed by atoms with Crippen molar-refractivity contribution in [2.45, 2.75) is 11.4 Å². The molecule has 152 valence electrons. The molecule has 4 amide bonds. The van der Waals surface area contributed by atoms with Gasteiger partial charge in [0, 0.05) is 23.9 Å². The number of hydrogen-bond acceptors (Lipinski definition) is 6. The maximum Gasteiger partial charge on any atom is 0.323 e. The highest BCUT2D eigenvalue weighted by Crippen LogP contribution is 2.26. The number of methoxy groups -OCH3 is 1. The molecule has 0 bridgehead atoms. The normalized spacial score (nSPS) is 13.0. The van der Waals surface area contributed by atoms with Gasteiger partial charge in [-0.05, 0) is 42.0 Å². The molecule has 2 aromatic rings. The van der Waals surface area contributed by atoms with E-state index in [2.05, 4.69) is 10.6 Å². The molecule has 0 fully saturated rings. The molecule has 0 aromatic heterocycles. The van der Waals surface area contributed by atoms with E-state index in [1.54, 1.807) is 18.2 Å². The number of nitrogens with zero attached hydrogens (tertiary/aromatic N) is 1. The van der Waals surface area contributed by atoms with Gasteiger partial charge in [-0.25, -0.2) is 13.2 Å². The number of fused-ring (bicyclic) bond motifs is 1. The molecule has 1 aliphatic rings. The van der Waals surface area contributed by atoms with Gasteiger partial charge in [0.15, 0.2) is 9.84 Å². The molecule has 0 spiro atoms. The summed E-state index contributed by atoms with van der Waals surface area (Å²) in [6, 6.07) is 9.61. The molecule has 0 saturated carbocycles. The molecule has 0 saturated heterocycles. The third-order valence-corrected chi connectivity index (χ3v) is 5.53. The number of carbonyl (C=O) groups excluding carboxylic acids is 3. The van der Waals surface area contributed by atoms with Crippen molar-refractivity contribution in [3.63, 3.8) is 0 Å². The van der Waals surface area contributed by atoms with E-state index in [-0.39, 0.29) is 23.0 Å². The van der Waals surface area contributed by atoms with Crippen molar-refractivity contribution >= 4 is 27.7 Å². The van der Waals surface area contributed by atoms with Crippen LogP contribution in [0.25, 0.3) is 0 Å². The number of nitrogens with one attached hydrogen (secondary N) is 2. The van der Waals surface area contributed by atoms with Crippen LogP contribution < -0.4 is 15.4 Å². The van der Waals surface area contributed by atoms with Crippen molar-refractivity contribution in [2.24, 2.45) is 0 Å². The lowest BCUT2D eigenvalue weighted by Gasteiger charge is -2.16. The fourth-order valence-corrected chi connectivity index (χ4v) is 3.47. The second-order valence-electron chi connectivity index (χ2n) is 6.44. The molecular weight excluding hydrogens is 398 g/mol. The molecule has 1 heterocycles. The topological polar surface area (TPSA) is 122 Å². The Bertz CT molecular complexity index is 1080. The van der Waals surface area contributed by atoms with E-state index in [4.69, 9.17) is 4.74 Å². The molecule has 29 heavy (non-hydrogen) atoms. The van der Waals surface area contributed by atoms with E-state index in [0.29, 0.717) is 17.9 Å². The summed E-state index contributed by atoms with van der Waals surface area (Å²) in [5.74, 6) is -0.373. The summed E-state index contributed by atoms with van der Waals surface area (Å²) < 4.78 is 28.0.